The van der Waals surface area contributed by atoms with Gasteiger partial charge in [0.2, 0.25) is 0 Å². The molecule has 1 aromatic carbocycles. The highest BCUT2D eigenvalue weighted by atomic mass is 79.9. The molecule has 0 atom stereocenters. The minimum absolute atomic E-state index is 0.0183. The zero-order chi connectivity index (χ0) is 11.4. The fourth-order valence-electron chi connectivity index (χ4n) is 0.895. The van der Waals surface area contributed by atoms with E-state index >= 15 is 0 Å². The Labute approximate surface area is 99.7 Å². The first-order valence-corrected chi connectivity index (χ1v) is 5.30. The lowest BCUT2D eigenvalue weighted by molar-refractivity contribution is 0.168. The fraction of sp³-hybridized carbons (Fsp3) is 0.222. The van der Waals surface area contributed by atoms with Gasteiger partial charge < -0.3 is 4.74 Å². The zero-order valence-electron chi connectivity index (χ0n) is 7.81. The second kappa shape index (κ2) is 5.32. The van der Waals surface area contributed by atoms with Gasteiger partial charge in [-0.05, 0) is 35.0 Å². The highest BCUT2D eigenvalue weighted by molar-refractivity contribution is 9.10. The lowest BCUT2D eigenvalue weighted by Crippen LogP contribution is -2.14. The van der Waals surface area contributed by atoms with Crippen molar-refractivity contribution in [1.82, 2.24) is 0 Å². The molecule has 0 bridgehead atoms. The molecule has 0 unspecified atom stereocenters. The van der Waals surface area contributed by atoms with Crippen molar-refractivity contribution in [3.63, 3.8) is 0 Å². The van der Waals surface area contributed by atoms with Crippen molar-refractivity contribution in [2.45, 2.75) is 6.92 Å². The summed E-state index contributed by atoms with van der Waals surface area (Å²) in [6.45, 7) is 1.88. The zero-order valence-corrected chi connectivity index (χ0v) is 10.2. The first-order chi connectivity index (χ1) is 7.04. The van der Waals surface area contributed by atoms with Gasteiger partial charge in [0.25, 0.3) is 0 Å². The summed E-state index contributed by atoms with van der Waals surface area (Å²) in [6, 6.07) is 2.47. The molecule has 1 aromatic rings. The number of rotatable bonds is 2. The Kier molecular flexibility index (Phi) is 4.35. The van der Waals surface area contributed by atoms with E-state index in [4.69, 9.17) is 11.6 Å². The Balaban J connectivity index is 2.86. The molecule has 0 aliphatic rings. The molecule has 0 radical (unpaired) electrons. The van der Waals surface area contributed by atoms with Crippen LogP contribution in [-0.2, 0) is 4.74 Å². The van der Waals surface area contributed by atoms with Gasteiger partial charge in [-0.1, -0.05) is 11.6 Å². The molecule has 0 saturated heterocycles. The Hall–Kier alpha value is -0.810. The summed E-state index contributed by atoms with van der Waals surface area (Å²) in [6.07, 6.45) is -0.703. The van der Waals surface area contributed by atoms with Crippen LogP contribution >= 0.6 is 27.5 Å². The van der Waals surface area contributed by atoms with Crippen molar-refractivity contribution in [3.05, 3.63) is 27.4 Å². The third-order valence-electron chi connectivity index (χ3n) is 1.52. The number of nitrogens with one attached hydrogen (secondary N) is 1. The number of benzene rings is 1. The van der Waals surface area contributed by atoms with Crippen molar-refractivity contribution >= 4 is 39.3 Å². The standard InChI is InChI=1S/C9H8BrClFNO2/c1-2-15-9(14)13-8-3-5(10)6(11)4-7(8)12/h3-4H,2H2,1H3,(H,13,14). The van der Waals surface area contributed by atoms with Crippen LogP contribution in [0.4, 0.5) is 14.9 Å². The van der Waals surface area contributed by atoms with E-state index in [9.17, 15) is 9.18 Å². The van der Waals surface area contributed by atoms with Gasteiger partial charge in [0.15, 0.2) is 0 Å². The van der Waals surface area contributed by atoms with Gasteiger partial charge in [-0.25, -0.2) is 9.18 Å². The second-order valence-electron chi connectivity index (χ2n) is 2.59. The first-order valence-electron chi connectivity index (χ1n) is 4.13. The van der Waals surface area contributed by atoms with E-state index in [0.29, 0.717) is 4.47 Å². The molecule has 0 aromatic heterocycles. The molecule has 1 N–H and O–H groups in total. The van der Waals surface area contributed by atoms with Crippen LogP contribution in [0.5, 0.6) is 0 Å². The molecule has 82 valence electrons. The number of hydrogen-bond donors (Lipinski definition) is 1. The van der Waals surface area contributed by atoms with Gasteiger partial charge in [-0.3, -0.25) is 5.32 Å². The van der Waals surface area contributed by atoms with Crippen LogP contribution in [0.15, 0.2) is 16.6 Å². The molecule has 0 spiro atoms. The van der Waals surface area contributed by atoms with Gasteiger partial charge in [0.05, 0.1) is 17.3 Å². The third kappa shape index (κ3) is 3.35. The van der Waals surface area contributed by atoms with Crippen LogP contribution in [-0.4, -0.2) is 12.7 Å². The van der Waals surface area contributed by atoms with E-state index in [2.05, 4.69) is 26.0 Å². The Bertz CT molecular complexity index is 387. The van der Waals surface area contributed by atoms with E-state index in [1.54, 1.807) is 6.92 Å². The van der Waals surface area contributed by atoms with Gasteiger partial charge >= 0.3 is 6.09 Å². The maximum Gasteiger partial charge on any atom is 0.411 e. The smallest absolute Gasteiger partial charge is 0.411 e. The average Bonchev–Trinajstić information content (AvgIpc) is 2.14. The predicted octanol–water partition coefficient (Wildman–Crippen LogP) is 3.81. The first kappa shape index (κ1) is 12.3. The van der Waals surface area contributed by atoms with Crippen LogP contribution in [0, 0.1) is 5.82 Å². The van der Waals surface area contributed by atoms with E-state index in [1.165, 1.54) is 6.07 Å². The molecule has 0 aliphatic heterocycles. The summed E-state index contributed by atoms with van der Waals surface area (Å²) in [7, 11) is 0. The molecule has 0 saturated carbocycles. The third-order valence-corrected chi connectivity index (χ3v) is 2.72. The SMILES string of the molecule is CCOC(=O)Nc1cc(Br)c(Cl)cc1F. The maximum absolute atomic E-state index is 13.3. The lowest BCUT2D eigenvalue weighted by Gasteiger charge is -2.07. The Morgan fingerprint density at radius 2 is 2.33 bits per heavy atom. The van der Waals surface area contributed by atoms with Crippen LogP contribution in [0.1, 0.15) is 6.92 Å². The number of ether oxygens (including phenoxy) is 1. The summed E-state index contributed by atoms with van der Waals surface area (Å²) in [5, 5.41) is 2.49. The fourth-order valence-corrected chi connectivity index (χ4v) is 1.39. The van der Waals surface area contributed by atoms with E-state index in [-0.39, 0.29) is 17.3 Å². The van der Waals surface area contributed by atoms with Crippen LogP contribution in [0.25, 0.3) is 0 Å². The molecule has 0 heterocycles. The Morgan fingerprint density at radius 1 is 1.67 bits per heavy atom. The van der Waals surface area contributed by atoms with Gasteiger partial charge in [0, 0.05) is 4.47 Å². The minimum Gasteiger partial charge on any atom is -0.450 e. The lowest BCUT2D eigenvalue weighted by atomic mass is 10.3. The summed E-state index contributed by atoms with van der Waals surface area (Å²) in [5.41, 5.74) is 0.0183. The van der Waals surface area contributed by atoms with Crippen molar-refractivity contribution < 1.29 is 13.9 Å². The highest BCUT2D eigenvalue weighted by Gasteiger charge is 2.10. The number of carbonyl (C=O) groups is 1. The largest absolute Gasteiger partial charge is 0.450 e. The molecule has 3 nitrogen and oxygen atoms in total. The number of anilines is 1. The molecular weight excluding hydrogens is 288 g/mol. The number of hydrogen-bond acceptors (Lipinski definition) is 2. The minimum atomic E-state index is -0.703. The summed E-state index contributed by atoms with van der Waals surface area (Å²) >= 11 is 8.77. The summed E-state index contributed by atoms with van der Waals surface area (Å²) < 4.78 is 18.4. The van der Waals surface area contributed by atoms with E-state index in [1.807, 2.05) is 0 Å². The molecule has 1 amide bonds. The van der Waals surface area contributed by atoms with E-state index < -0.39 is 11.9 Å². The second-order valence-corrected chi connectivity index (χ2v) is 3.85. The van der Waals surface area contributed by atoms with Gasteiger partial charge in [-0.15, -0.1) is 0 Å². The maximum atomic E-state index is 13.3. The van der Waals surface area contributed by atoms with Crippen molar-refractivity contribution in [2.75, 3.05) is 11.9 Å². The van der Waals surface area contributed by atoms with Crippen LogP contribution in [0.3, 0.4) is 0 Å². The molecule has 6 heteroatoms. The van der Waals surface area contributed by atoms with Crippen molar-refractivity contribution in [2.24, 2.45) is 0 Å². The van der Waals surface area contributed by atoms with Gasteiger partial charge in [0.1, 0.15) is 5.82 Å². The van der Waals surface area contributed by atoms with Gasteiger partial charge in [-0.2, -0.15) is 0 Å². The normalized spacial score (nSPS) is 9.87. The van der Waals surface area contributed by atoms with Crippen molar-refractivity contribution in [1.29, 1.82) is 0 Å². The van der Waals surface area contributed by atoms with Crippen LogP contribution in [0.2, 0.25) is 5.02 Å². The quantitative estimate of drug-likeness (QED) is 0.843. The highest BCUT2D eigenvalue weighted by Crippen LogP contribution is 2.28. The van der Waals surface area contributed by atoms with E-state index in [0.717, 1.165) is 6.07 Å². The number of carbonyl (C=O) groups excluding carboxylic acids is 1. The number of amides is 1. The summed E-state index contributed by atoms with van der Waals surface area (Å²) in [4.78, 5) is 11.0. The molecule has 0 aliphatic carbocycles. The number of halogens is 3. The Morgan fingerprint density at radius 3 is 2.93 bits per heavy atom. The summed E-state index contributed by atoms with van der Waals surface area (Å²) in [5.74, 6) is -0.615. The topological polar surface area (TPSA) is 38.3 Å². The molecular formula is C9H8BrClFNO2. The molecule has 1 rings (SSSR count). The molecule has 15 heavy (non-hydrogen) atoms. The predicted molar refractivity (Wildman–Crippen MR) is 59.8 cm³/mol. The molecule has 0 fully saturated rings. The monoisotopic (exact) mass is 295 g/mol. The van der Waals surface area contributed by atoms with Crippen molar-refractivity contribution in [3.8, 4) is 0 Å². The van der Waals surface area contributed by atoms with Crippen LogP contribution < -0.4 is 5.32 Å². The average molecular weight is 297 g/mol.